The average Bonchev–Trinajstić information content (AvgIpc) is 2.74. The van der Waals surface area contributed by atoms with E-state index in [0.29, 0.717) is 12.2 Å². The fourth-order valence-electron chi connectivity index (χ4n) is 2.23. The van der Waals surface area contributed by atoms with E-state index < -0.39 is 15.9 Å². The summed E-state index contributed by atoms with van der Waals surface area (Å²) in [5.41, 5.74) is 1.33. The van der Waals surface area contributed by atoms with Gasteiger partial charge in [-0.05, 0) is 55.6 Å². The maximum absolute atomic E-state index is 12.6. The summed E-state index contributed by atoms with van der Waals surface area (Å²) in [5, 5.41) is 5.35. The van der Waals surface area contributed by atoms with E-state index in [1.807, 2.05) is 6.07 Å². The van der Waals surface area contributed by atoms with Crippen LogP contribution in [-0.2, 0) is 21.1 Å². The molecule has 152 valence electrons. The molecular weight excluding hydrogens is 392 g/mol. The molecular formula is C20H22N4O4S. The minimum Gasteiger partial charge on any atom is -0.481 e. The third-order valence-corrected chi connectivity index (χ3v) is 5.72. The molecule has 0 saturated heterocycles. The average molecular weight is 414 g/mol. The number of aliphatic imine (C=N–C) groups is 1. The van der Waals surface area contributed by atoms with Gasteiger partial charge in [-0.15, -0.1) is 0 Å². The van der Waals surface area contributed by atoms with Crippen LogP contribution in [0.2, 0.25) is 0 Å². The van der Waals surface area contributed by atoms with Crippen LogP contribution in [0.25, 0.3) is 0 Å². The number of carbonyl (C=O) groups is 1. The van der Waals surface area contributed by atoms with E-state index in [9.17, 15) is 13.2 Å². The minimum atomic E-state index is -3.68. The lowest BCUT2D eigenvalue weighted by atomic mass is 10.3. The molecule has 0 bridgehead atoms. The van der Waals surface area contributed by atoms with Crippen LogP contribution < -0.4 is 10.6 Å². The molecule has 2 N–H and O–H groups in total. The van der Waals surface area contributed by atoms with Crippen LogP contribution in [-0.4, -0.2) is 33.3 Å². The standard InChI is InChI=1S/C20H22N4O4S/c1-15(6-11-19(21-2)28-3)29(26,27)18-9-7-17(8-10-18)24-20(25)23-14-16-5-4-12-22-13-16/h4-13H,2,14H2,1,3H3,(H2,23,24,25)/b15-6+,19-11+. The zero-order chi connectivity index (χ0) is 21.3. The van der Waals surface area contributed by atoms with Crippen molar-refractivity contribution in [3.05, 3.63) is 77.3 Å². The second kappa shape index (κ2) is 10.2. The van der Waals surface area contributed by atoms with Crippen molar-refractivity contribution < 1.29 is 17.9 Å². The van der Waals surface area contributed by atoms with E-state index in [2.05, 4.69) is 27.3 Å². The molecule has 2 rings (SSSR count). The van der Waals surface area contributed by atoms with E-state index in [4.69, 9.17) is 4.74 Å². The smallest absolute Gasteiger partial charge is 0.319 e. The Morgan fingerprint density at radius 3 is 2.55 bits per heavy atom. The van der Waals surface area contributed by atoms with Crippen molar-refractivity contribution in [2.75, 3.05) is 12.4 Å². The van der Waals surface area contributed by atoms with Gasteiger partial charge in [-0.2, -0.15) is 0 Å². The normalized spacial score (nSPS) is 12.2. The summed E-state index contributed by atoms with van der Waals surface area (Å²) in [6, 6.07) is 9.11. The summed E-state index contributed by atoms with van der Waals surface area (Å²) in [4.78, 5) is 19.8. The summed E-state index contributed by atoms with van der Waals surface area (Å²) >= 11 is 0. The van der Waals surface area contributed by atoms with E-state index in [1.165, 1.54) is 50.5 Å². The Bertz CT molecular complexity index is 1010. The number of sulfone groups is 1. The van der Waals surface area contributed by atoms with Crippen LogP contribution in [0.1, 0.15) is 12.5 Å². The second-order valence-electron chi connectivity index (χ2n) is 5.84. The van der Waals surface area contributed by atoms with Crippen molar-refractivity contribution in [1.82, 2.24) is 10.3 Å². The fraction of sp³-hybridized carbons (Fsp3) is 0.150. The molecule has 0 radical (unpaired) electrons. The summed E-state index contributed by atoms with van der Waals surface area (Å²) in [5.74, 6) is 0.205. The summed E-state index contributed by atoms with van der Waals surface area (Å²) in [6.07, 6.45) is 6.12. The number of hydrogen-bond acceptors (Lipinski definition) is 6. The Labute approximate surface area is 170 Å². The molecule has 1 heterocycles. The molecule has 9 heteroatoms. The van der Waals surface area contributed by atoms with E-state index >= 15 is 0 Å². The van der Waals surface area contributed by atoms with Crippen LogP contribution in [0.3, 0.4) is 0 Å². The highest BCUT2D eigenvalue weighted by molar-refractivity contribution is 7.95. The fourth-order valence-corrected chi connectivity index (χ4v) is 3.34. The molecule has 0 unspecified atom stereocenters. The van der Waals surface area contributed by atoms with Crippen molar-refractivity contribution in [2.45, 2.75) is 18.4 Å². The first kappa shape index (κ1) is 21.8. The van der Waals surface area contributed by atoms with Gasteiger partial charge in [0.15, 0.2) is 0 Å². The quantitative estimate of drug-likeness (QED) is 0.391. The van der Waals surface area contributed by atoms with Gasteiger partial charge >= 0.3 is 6.03 Å². The van der Waals surface area contributed by atoms with Crippen molar-refractivity contribution >= 4 is 28.3 Å². The van der Waals surface area contributed by atoms with Crippen molar-refractivity contribution in [1.29, 1.82) is 0 Å². The van der Waals surface area contributed by atoms with Gasteiger partial charge in [-0.3, -0.25) is 4.98 Å². The first-order valence-electron chi connectivity index (χ1n) is 8.55. The number of methoxy groups -OCH3 is 1. The van der Waals surface area contributed by atoms with Gasteiger partial charge in [0, 0.05) is 35.6 Å². The predicted molar refractivity (Wildman–Crippen MR) is 112 cm³/mol. The number of rotatable bonds is 8. The van der Waals surface area contributed by atoms with E-state index in [0.717, 1.165) is 5.56 Å². The Balaban J connectivity index is 2.03. The van der Waals surface area contributed by atoms with Crippen LogP contribution in [0.5, 0.6) is 0 Å². The number of pyridine rings is 1. The number of amides is 2. The molecule has 0 atom stereocenters. The van der Waals surface area contributed by atoms with Gasteiger partial charge in [0.2, 0.25) is 15.7 Å². The number of benzene rings is 1. The van der Waals surface area contributed by atoms with Gasteiger partial charge in [-0.1, -0.05) is 6.07 Å². The van der Waals surface area contributed by atoms with Crippen molar-refractivity contribution in [3.63, 3.8) is 0 Å². The molecule has 8 nitrogen and oxygen atoms in total. The highest BCUT2D eigenvalue weighted by Crippen LogP contribution is 2.21. The van der Waals surface area contributed by atoms with Crippen LogP contribution >= 0.6 is 0 Å². The molecule has 0 fully saturated rings. The molecule has 2 aromatic rings. The van der Waals surface area contributed by atoms with Gasteiger partial charge in [-0.25, -0.2) is 18.2 Å². The predicted octanol–water partition coefficient (Wildman–Crippen LogP) is 3.27. The number of aromatic nitrogens is 1. The van der Waals surface area contributed by atoms with Gasteiger partial charge in [0.25, 0.3) is 0 Å². The molecule has 1 aromatic carbocycles. The largest absolute Gasteiger partial charge is 0.481 e. The lowest BCUT2D eigenvalue weighted by Crippen LogP contribution is -2.28. The Morgan fingerprint density at radius 2 is 1.97 bits per heavy atom. The monoisotopic (exact) mass is 414 g/mol. The SMILES string of the molecule is C=N/C(=C\C=C(/C)S(=O)(=O)c1ccc(NC(=O)NCc2cccnc2)cc1)OC. The number of nitrogens with one attached hydrogen (secondary N) is 2. The third kappa shape index (κ3) is 6.28. The van der Waals surface area contributed by atoms with Gasteiger partial charge in [0.1, 0.15) is 0 Å². The Kier molecular flexibility index (Phi) is 7.67. The summed E-state index contributed by atoms with van der Waals surface area (Å²) < 4.78 is 30.2. The molecule has 0 saturated carbocycles. The van der Waals surface area contributed by atoms with Crippen LogP contribution in [0.4, 0.5) is 10.5 Å². The minimum absolute atomic E-state index is 0.103. The highest BCUT2D eigenvalue weighted by Gasteiger charge is 2.16. The third-order valence-electron chi connectivity index (χ3n) is 3.85. The van der Waals surface area contributed by atoms with E-state index in [-0.39, 0.29) is 15.7 Å². The number of urea groups is 1. The molecule has 0 aliphatic rings. The van der Waals surface area contributed by atoms with Crippen LogP contribution in [0, 0.1) is 0 Å². The van der Waals surface area contributed by atoms with Crippen molar-refractivity contribution in [2.24, 2.45) is 4.99 Å². The topological polar surface area (TPSA) is 110 Å². The van der Waals surface area contributed by atoms with Crippen LogP contribution in [0.15, 0.2) is 81.6 Å². The molecule has 2 amide bonds. The number of ether oxygens (including phenoxy) is 1. The number of anilines is 1. The molecule has 1 aromatic heterocycles. The lowest BCUT2D eigenvalue weighted by Gasteiger charge is -2.09. The van der Waals surface area contributed by atoms with E-state index in [1.54, 1.807) is 18.5 Å². The number of allylic oxidation sites excluding steroid dienone is 3. The molecule has 0 aliphatic carbocycles. The zero-order valence-electron chi connectivity index (χ0n) is 16.1. The maximum atomic E-state index is 12.6. The van der Waals surface area contributed by atoms with Gasteiger partial charge in [0.05, 0.1) is 12.0 Å². The highest BCUT2D eigenvalue weighted by atomic mass is 32.2. The zero-order valence-corrected chi connectivity index (χ0v) is 16.9. The summed E-state index contributed by atoms with van der Waals surface area (Å²) in [6.45, 7) is 5.13. The first-order valence-corrected chi connectivity index (χ1v) is 10.0. The van der Waals surface area contributed by atoms with Crippen molar-refractivity contribution in [3.8, 4) is 0 Å². The molecule has 0 aliphatic heterocycles. The Morgan fingerprint density at radius 1 is 1.24 bits per heavy atom. The second-order valence-corrected chi connectivity index (χ2v) is 7.96. The van der Waals surface area contributed by atoms with Gasteiger partial charge < -0.3 is 15.4 Å². The number of hydrogen-bond donors (Lipinski definition) is 2. The molecule has 29 heavy (non-hydrogen) atoms. The summed E-state index contributed by atoms with van der Waals surface area (Å²) in [7, 11) is -2.27. The first-order chi connectivity index (χ1) is 13.9. The lowest BCUT2D eigenvalue weighted by molar-refractivity contribution is 0.251. The molecule has 0 spiro atoms. The maximum Gasteiger partial charge on any atom is 0.319 e. The number of nitrogens with zero attached hydrogens (tertiary/aromatic N) is 2. The number of carbonyl (C=O) groups excluding carboxylic acids is 1. The Hall–Kier alpha value is -3.46.